The van der Waals surface area contributed by atoms with E-state index in [9.17, 15) is 13.0 Å². The lowest BCUT2D eigenvalue weighted by atomic mass is 9.91. The molecule has 4 rings (SSSR count). The molecule has 24 heavy (non-hydrogen) atoms. The summed E-state index contributed by atoms with van der Waals surface area (Å²) in [6.07, 6.45) is 3.07. The first kappa shape index (κ1) is 14.9. The van der Waals surface area contributed by atoms with Crippen molar-refractivity contribution in [2.45, 2.75) is 4.93 Å². The third-order valence-corrected chi connectivity index (χ3v) is 5.40. The van der Waals surface area contributed by atoms with Crippen molar-refractivity contribution in [2.75, 3.05) is 0 Å². The van der Waals surface area contributed by atoms with Crippen molar-refractivity contribution in [3.05, 3.63) is 83.9 Å². The van der Waals surface area contributed by atoms with Gasteiger partial charge in [0.25, 0.3) is 4.93 Å². The first-order valence-electron chi connectivity index (χ1n) is 7.44. The number of rotatable bonds is 3. The lowest BCUT2D eigenvalue weighted by Gasteiger charge is -2.32. The molecular formula is C19H14O4S. The maximum absolute atomic E-state index is 12.3. The van der Waals surface area contributed by atoms with E-state index in [2.05, 4.69) is 0 Å². The fourth-order valence-corrected chi connectivity index (χ4v) is 4.01. The molecule has 1 atom stereocenters. The Hall–Kier alpha value is -2.63. The lowest BCUT2D eigenvalue weighted by Crippen LogP contribution is -2.40. The smallest absolute Gasteiger partial charge is 0.315 e. The van der Waals surface area contributed by atoms with Crippen molar-refractivity contribution in [2.24, 2.45) is 0 Å². The van der Waals surface area contributed by atoms with E-state index >= 15 is 0 Å². The van der Waals surface area contributed by atoms with Crippen molar-refractivity contribution < 1.29 is 17.7 Å². The predicted octanol–water partition coefficient (Wildman–Crippen LogP) is 3.99. The molecule has 0 bridgehead atoms. The molecule has 0 saturated carbocycles. The summed E-state index contributed by atoms with van der Waals surface area (Å²) < 4.78 is 40.5. The monoisotopic (exact) mass is 338 g/mol. The zero-order chi connectivity index (χ0) is 16.8. The van der Waals surface area contributed by atoms with Crippen LogP contribution < -0.4 is 4.74 Å². The Morgan fingerprint density at radius 2 is 1.58 bits per heavy atom. The molecule has 4 nitrogen and oxygen atoms in total. The van der Waals surface area contributed by atoms with E-state index in [0.29, 0.717) is 11.3 Å². The van der Waals surface area contributed by atoms with Crippen LogP contribution in [0.3, 0.4) is 0 Å². The van der Waals surface area contributed by atoms with Crippen molar-refractivity contribution in [3.8, 4) is 5.75 Å². The quantitative estimate of drug-likeness (QED) is 0.734. The molecule has 1 aliphatic rings. The van der Waals surface area contributed by atoms with Gasteiger partial charge in [-0.2, -0.15) is 8.42 Å². The van der Waals surface area contributed by atoms with Crippen LogP contribution in [0.4, 0.5) is 0 Å². The molecule has 0 saturated heterocycles. The standard InChI is InChI=1S/C19H14O4S/c20-24(21,22)19(23-16-9-2-1-3-10-16)13-12-15-7-4-6-14-8-5-11-17(19)18(14)15/h1-13H,(H,20,21,22). The van der Waals surface area contributed by atoms with Crippen LogP contribution in [0.5, 0.6) is 5.75 Å². The normalized spacial score (nSPS) is 19.4. The third kappa shape index (κ3) is 2.13. The minimum absolute atomic E-state index is 0.358. The van der Waals surface area contributed by atoms with Gasteiger partial charge in [-0.05, 0) is 34.5 Å². The summed E-state index contributed by atoms with van der Waals surface area (Å²) >= 11 is 0. The second-order valence-corrected chi connectivity index (χ2v) is 7.20. The summed E-state index contributed by atoms with van der Waals surface area (Å²) in [5, 5.41) is 1.65. The summed E-state index contributed by atoms with van der Waals surface area (Å²) in [7, 11) is -4.58. The highest BCUT2D eigenvalue weighted by Gasteiger charge is 2.48. The molecule has 5 heteroatoms. The van der Waals surface area contributed by atoms with Crippen LogP contribution in [0.15, 0.2) is 72.8 Å². The fourth-order valence-electron chi connectivity index (χ4n) is 3.12. The van der Waals surface area contributed by atoms with Gasteiger partial charge in [0, 0.05) is 5.56 Å². The molecule has 120 valence electrons. The zero-order valence-corrected chi connectivity index (χ0v) is 13.4. The van der Waals surface area contributed by atoms with Gasteiger partial charge < -0.3 is 4.74 Å². The molecule has 3 aromatic carbocycles. The summed E-state index contributed by atoms with van der Waals surface area (Å²) in [5.41, 5.74) is 1.29. The molecule has 0 amide bonds. The van der Waals surface area contributed by atoms with E-state index < -0.39 is 15.1 Å². The van der Waals surface area contributed by atoms with Gasteiger partial charge in [0.1, 0.15) is 5.75 Å². The average Bonchev–Trinajstić information content (AvgIpc) is 2.58. The van der Waals surface area contributed by atoms with Crippen molar-refractivity contribution >= 4 is 27.0 Å². The minimum Gasteiger partial charge on any atom is -0.461 e. The molecule has 1 unspecified atom stereocenters. The Morgan fingerprint density at radius 1 is 0.875 bits per heavy atom. The van der Waals surface area contributed by atoms with Gasteiger partial charge in [-0.3, -0.25) is 4.55 Å². The van der Waals surface area contributed by atoms with E-state index in [1.165, 1.54) is 6.08 Å². The molecule has 1 N–H and O–H groups in total. The van der Waals surface area contributed by atoms with Gasteiger partial charge in [-0.15, -0.1) is 0 Å². The van der Waals surface area contributed by atoms with Crippen LogP contribution in [0.1, 0.15) is 11.1 Å². The topological polar surface area (TPSA) is 63.6 Å². The van der Waals surface area contributed by atoms with E-state index in [4.69, 9.17) is 4.74 Å². The summed E-state index contributed by atoms with van der Waals surface area (Å²) in [6, 6.07) is 19.6. The van der Waals surface area contributed by atoms with E-state index in [-0.39, 0.29) is 0 Å². The van der Waals surface area contributed by atoms with Crippen LogP contribution in [-0.4, -0.2) is 13.0 Å². The Balaban J connectivity index is 2.03. The summed E-state index contributed by atoms with van der Waals surface area (Å²) in [5.74, 6) is 0.358. The Bertz CT molecular complexity index is 1050. The predicted molar refractivity (Wildman–Crippen MR) is 93.3 cm³/mol. The summed E-state index contributed by atoms with van der Waals surface area (Å²) in [4.78, 5) is -1.97. The third-order valence-electron chi connectivity index (χ3n) is 4.19. The Morgan fingerprint density at radius 3 is 2.29 bits per heavy atom. The van der Waals surface area contributed by atoms with Gasteiger partial charge in [0.05, 0.1) is 0 Å². The fraction of sp³-hybridized carbons (Fsp3) is 0.0526. The van der Waals surface area contributed by atoms with Crippen LogP contribution in [0.25, 0.3) is 16.8 Å². The SMILES string of the molecule is O=S(=O)(O)C1(Oc2ccccc2)C=Cc2cccc3cccc1c23. The highest BCUT2D eigenvalue weighted by molar-refractivity contribution is 7.86. The minimum atomic E-state index is -4.58. The molecule has 0 aliphatic heterocycles. The van der Waals surface area contributed by atoms with Gasteiger partial charge in [0.2, 0.25) is 0 Å². The van der Waals surface area contributed by atoms with E-state index in [1.807, 2.05) is 24.3 Å². The molecule has 1 aliphatic carbocycles. The van der Waals surface area contributed by atoms with Gasteiger partial charge in [0.15, 0.2) is 0 Å². The lowest BCUT2D eigenvalue weighted by molar-refractivity contribution is 0.191. The molecule has 0 spiro atoms. The van der Waals surface area contributed by atoms with Crippen molar-refractivity contribution in [1.82, 2.24) is 0 Å². The maximum Gasteiger partial charge on any atom is 0.315 e. The van der Waals surface area contributed by atoms with Crippen LogP contribution in [0, 0.1) is 0 Å². The second kappa shape index (κ2) is 5.19. The van der Waals surface area contributed by atoms with E-state index in [0.717, 1.165) is 16.3 Å². The number of benzene rings is 3. The van der Waals surface area contributed by atoms with Crippen LogP contribution in [-0.2, 0) is 15.1 Å². The molecule has 0 fully saturated rings. The Kier molecular flexibility index (Phi) is 3.23. The van der Waals surface area contributed by atoms with Crippen molar-refractivity contribution in [1.29, 1.82) is 0 Å². The average molecular weight is 338 g/mol. The second-order valence-electron chi connectivity index (χ2n) is 5.64. The maximum atomic E-state index is 12.3. The highest BCUT2D eigenvalue weighted by Crippen LogP contribution is 2.43. The molecule has 3 aromatic rings. The molecule has 0 heterocycles. The number of para-hydroxylation sites is 1. The zero-order valence-electron chi connectivity index (χ0n) is 12.6. The van der Waals surface area contributed by atoms with Crippen LogP contribution >= 0.6 is 0 Å². The summed E-state index contributed by atoms with van der Waals surface area (Å²) in [6.45, 7) is 0. The van der Waals surface area contributed by atoms with E-state index in [1.54, 1.807) is 48.5 Å². The van der Waals surface area contributed by atoms with Gasteiger partial charge in [-0.1, -0.05) is 60.7 Å². The van der Waals surface area contributed by atoms with Gasteiger partial charge in [-0.25, -0.2) is 0 Å². The number of hydrogen-bond donors (Lipinski definition) is 1. The van der Waals surface area contributed by atoms with Crippen molar-refractivity contribution in [3.63, 3.8) is 0 Å². The first-order valence-corrected chi connectivity index (χ1v) is 8.88. The number of hydrogen-bond acceptors (Lipinski definition) is 3. The Labute approximate surface area is 139 Å². The first-order chi connectivity index (χ1) is 11.5. The molecule has 0 aromatic heterocycles. The van der Waals surface area contributed by atoms with Gasteiger partial charge >= 0.3 is 10.1 Å². The van der Waals surface area contributed by atoms with Crippen LogP contribution in [0.2, 0.25) is 0 Å². The molecule has 0 radical (unpaired) electrons. The number of ether oxygens (including phenoxy) is 1. The highest BCUT2D eigenvalue weighted by atomic mass is 32.2. The molecular weight excluding hydrogens is 324 g/mol. The largest absolute Gasteiger partial charge is 0.461 e.